The molecule has 0 aliphatic carbocycles. The quantitative estimate of drug-likeness (QED) is 0.801. The summed E-state index contributed by atoms with van der Waals surface area (Å²) in [5.41, 5.74) is 1.87. The molecule has 1 heterocycles. The highest BCUT2D eigenvalue weighted by Gasteiger charge is 2.05. The summed E-state index contributed by atoms with van der Waals surface area (Å²) in [6.45, 7) is 0. The number of halogens is 1. The van der Waals surface area contributed by atoms with Crippen molar-refractivity contribution in [1.29, 1.82) is 5.26 Å². The van der Waals surface area contributed by atoms with Gasteiger partial charge in [0, 0.05) is 12.3 Å². The van der Waals surface area contributed by atoms with Gasteiger partial charge in [0.1, 0.15) is 11.9 Å². The molecule has 0 spiro atoms. The Morgan fingerprint density at radius 1 is 1.13 bits per heavy atom. The Hall–Kier alpha value is -3.53. The normalized spacial score (nSPS) is 10.6. The third kappa shape index (κ3) is 3.22. The van der Waals surface area contributed by atoms with Crippen molar-refractivity contribution in [2.75, 3.05) is 5.32 Å². The van der Waals surface area contributed by atoms with Crippen LogP contribution in [0, 0.1) is 17.1 Å². The average molecular weight is 306 g/mol. The molecule has 0 aliphatic rings. The van der Waals surface area contributed by atoms with E-state index < -0.39 is 0 Å². The van der Waals surface area contributed by atoms with Gasteiger partial charge in [-0.2, -0.15) is 9.94 Å². The highest BCUT2D eigenvalue weighted by molar-refractivity contribution is 5.60. The maximum Gasteiger partial charge on any atom is 0.181 e. The second-order valence-electron chi connectivity index (χ2n) is 4.56. The van der Waals surface area contributed by atoms with Gasteiger partial charge in [0.25, 0.3) is 0 Å². The van der Waals surface area contributed by atoms with Crippen molar-refractivity contribution in [3.05, 3.63) is 71.9 Å². The first-order chi connectivity index (χ1) is 11.3. The maximum absolute atomic E-state index is 13.0. The van der Waals surface area contributed by atoms with Gasteiger partial charge in [-0.1, -0.05) is 12.1 Å². The highest BCUT2D eigenvalue weighted by Crippen LogP contribution is 2.14. The SMILES string of the molecule is N#Cc1ccccc1N/C=C/c1nnnn1-c1ccc(F)cc1. The van der Waals surface area contributed by atoms with Gasteiger partial charge in [-0.05, 0) is 46.8 Å². The van der Waals surface area contributed by atoms with Crippen LogP contribution >= 0.6 is 0 Å². The average Bonchev–Trinajstić information content (AvgIpc) is 3.04. The van der Waals surface area contributed by atoms with Crippen molar-refractivity contribution in [2.24, 2.45) is 0 Å². The molecule has 1 N–H and O–H groups in total. The number of anilines is 1. The van der Waals surface area contributed by atoms with Crippen LogP contribution in [0.1, 0.15) is 11.4 Å². The lowest BCUT2D eigenvalue weighted by atomic mass is 10.2. The van der Waals surface area contributed by atoms with E-state index in [-0.39, 0.29) is 5.82 Å². The van der Waals surface area contributed by atoms with E-state index >= 15 is 0 Å². The summed E-state index contributed by atoms with van der Waals surface area (Å²) < 4.78 is 14.5. The number of nitrogens with one attached hydrogen (secondary N) is 1. The lowest BCUT2D eigenvalue weighted by Gasteiger charge is -2.03. The molecule has 7 heteroatoms. The Labute approximate surface area is 131 Å². The minimum Gasteiger partial charge on any atom is -0.360 e. The first-order valence-electron chi connectivity index (χ1n) is 6.74. The highest BCUT2D eigenvalue weighted by atomic mass is 19.1. The molecule has 0 saturated carbocycles. The van der Waals surface area contributed by atoms with Crippen LogP contribution in [0.25, 0.3) is 11.8 Å². The fraction of sp³-hybridized carbons (Fsp3) is 0. The second kappa shape index (κ2) is 6.49. The fourth-order valence-corrected chi connectivity index (χ4v) is 1.98. The van der Waals surface area contributed by atoms with E-state index in [1.54, 1.807) is 42.6 Å². The van der Waals surface area contributed by atoms with Crippen molar-refractivity contribution in [3.63, 3.8) is 0 Å². The summed E-state index contributed by atoms with van der Waals surface area (Å²) >= 11 is 0. The van der Waals surface area contributed by atoms with Crippen LogP contribution in [0.5, 0.6) is 0 Å². The standard InChI is InChI=1S/C16H11FN6/c17-13-5-7-14(8-6-13)23-16(20-21-22-23)9-10-19-15-4-2-1-3-12(15)11-18/h1-10,19H/b10-9+. The molecule has 3 rings (SSSR count). The van der Waals surface area contributed by atoms with Crippen LogP contribution < -0.4 is 5.32 Å². The zero-order chi connectivity index (χ0) is 16.1. The summed E-state index contributed by atoms with van der Waals surface area (Å²) in [7, 11) is 0. The van der Waals surface area contributed by atoms with E-state index in [1.807, 2.05) is 6.07 Å². The van der Waals surface area contributed by atoms with Crippen LogP contribution in [0.3, 0.4) is 0 Å². The second-order valence-corrected chi connectivity index (χ2v) is 4.56. The molecule has 112 valence electrons. The predicted octanol–water partition coefficient (Wildman–Crippen LogP) is 2.76. The van der Waals surface area contributed by atoms with Crippen molar-refractivity contribution >= 4 is 11.8 Å². The van der Waals surface area contributed by atoms with Gasteiger partial charge in [-0.25, -0.2) is 4.39 Å². The van der Waals surface area contributed by atoms with Gasteiger partial charge >= 0.3 is 0 Å². The van der Waals surface area contributed by atoms with Gasteiger partial charge in [0.15, 0.2) is 5.82 Å². The number of aromatic nitrogens is 4. The van der Waals surface area contributed by atoms with Crippen molar-refractivity contribution in [2.45, 2.75) is 0 Å². The van der Waals surface area contributed by atoms with Crippen molar-refractivity contribution in [3.8, 4) is 11.8 Å². The minimum atomic E-state index is -0.325. The molecule has 0 bridgehead atoms. The van der Waals surface area contributed by atoms with Crippen LogP contribution in [-0.2, 0) is 0 Å². The molecule has 0 aliphatic heterocycles. The van der Waals surface area contributed by atoms with Crippen LogP contribution in [0.2, 0.25) is 0 Å². The van der Waals surface area contributed by atoms with Gasteiger partial charge in [0.2, 0.25) is 0 Å². The number of hydrogen-bond acceptors (Lipinski definition) is 5. The summed E-state index contributed by atoms with van der Waals surface area (Å²) in [6, 6.07) is 15.1. The Kier molecular flexibility index (Phi) is 4.07. The number of nitriles is 1. The molecule has 0 atom stereocenters. The van der Waals surface area contributed by atoms with Crippen LogP contribution in [0.4, 0.5) is 10.1 Å². The molecule has 1 aromatic heterocycles. The van der Waals surface area contributed by atoms with Gasteiger partial charge < -0.3 is 5.32 Å². The number of hydrogen-bond donors (Lipinski definition) is 1. The number of rotatable bonds is 4. The summed E-state index contributed by atoms with van der Waals surface area (Å²) in [5.74, 6) is 0.146. The molecular weight excluding hydrogens is 295 g/mol. The fourth-order valence-electron chi connectivity index (χ4n) is 1.98. The van der Waals surface area contributed by atoms with E-state index in [2.05, 4.69) is 26.9 Å². The summed E-state index contributed by atoms with van der Waals surface area (Å²) in [4.78, 5) is 0. The molecule has 0 radical (unpaired) electrons. The molecule has 0 amide bonds. The van der Waals surface area contributed by atoms with E-state index in [9.17, 15) is 4.39 Å². The molecule has 0 fully saturated rings. The van der Waals surface area contributed by atoms with Crippen LogP contribution in [-0.4, -0.2) is 20.2 Å². The molecule has 3 aromatic rings. The zero-order valence-electron chi connectivity index (χ0n) is 11.9. The number of para-hydroxylation sites is 1. The third-order valence-electron chi connectivity index (χ3n) is 3.08. The number of tetrazole rings is 1. The van der Waals surface area contributed by atoms with E-state index in [0.29, 0.717) is 22.8 Å². The lowest BCUT2D eigenvalue weighted by molar-refractivity contribution is 0.626. The first kappa shape index (κ1) is 14.4. The monoisotopic (exact) mass is 306 g/mol. The Bertz CT molecular complexity index is 876. The predicted molar refractivity (Wildman–Crippen MR) is 82.9 cm³/mol. The van der Waals surface area contributed by atoms with Crippen LogP contribution in [0.15, 0.2) is 54.7 Å². The third-order valence-corrected chi connectivity index (χ3v) is 3.08. The topological polar surface area (TPSA) is 79.4 Å². The molecule has 2 aromatic carbocycles. The van der Waals surface area contributed by atoms with Gasteiger partial charge in [-0.15, -0.1) is 5.10 Å². The number of benzene rings is 2. The first-order valence-corrected chi connectivity index (χ1v) is 6.74. The lowest BCUT2D eigenvalue weighted by Crippen LogP contribution is -2.00. The van der Waals surface area contributed by atoms with Gasteiger partial charge in [-0.3, -0.25) is 0 Å². The number of nitrogens with zero attached hydrogens (tertiary/aromatic N) is 5. The Morgan fingerprint density at radius 3 is 2.70 bits per heavy atom. The van der Waals surface area contributed by atoms with E-state index in [1.165, 1.54) is 16.8 Å². The van der Waals surface area contributed by atoms with E-state index in [4.69, 9.17) is 5.26 Å². The maximum atomic E-state index is 13.0. The van der Waals surface area contributed by atoms with E-state index in [0.717, 1.165) is 0 Å². The summed E-state index contributed by atoms with van der Waals surface area (Å²) in [6.07, 6.45) is 3.30. The van der Waals surface area contributed by atoms with Crippen molar-refractivity contribution in [1.82, 2.24) is 20.2 Å². The molecular formula is C16H11FN6. The molecule has 0 saturated heterocycles. The smallest absolute Gasteiger partial charge is 0.181 e. The Balaban J connectivity index is 1.80. The van der Waals surface area contributed by atoms with Gasteiger partial charge in [0.05, 0.1) is 16.9 Å². The molecule has 23 heavy (non-hydrogen) atoms. The summed E-state index contributed by atoms with van der Waals surface area (Å²) in [5, 5.41) is 23.5. The largest absolute Gasteiger partial charge is 0.360 e. The zero-order valence-corrected chi connectivity index (χ0v) is 11.9. The molecule has 6 nitrogen and oxygen atoms in total. The van der Waals surface area contributed by atoms with Crippen molar-refractivity contribution < 1.29 is 4.39 Å². The Morgan fingerprint density at radius 2 is 1.91 bits per heavy atom. The molecule has 0 unspecified atom stereocenters. The minimum absolute atomic E-state index is 0.325.